The van der Waals surface area contributed by atoms with Crippen LogP contribution in [0.5, 0.6) is 11.5 Å². The third kappa shape index (κ3) is 3.82. The normalized spacial score (nSPS) is 18.2. The number of carbonyl (C=O) groups excluding carboxylic acids is 2. The molecule has 2 aromatic rings. The van der Waals surface area contributed by atoms with Crippen LogP contribution in [0.3, 0.4) is 0 Å². The largest absolute Gasteiger partial charge is 0.482 e. The first kappa shape index (κ1) is 16.6. The van der Waals surface area contributed by atoms with Gasteiger partial charge in [0.1, 0.15) is 6.10 Å². The lowest BCUT2D eigenvalue weighted by atomic mass is 10.1. The molecule has 25 heavy (non-hydrogen) atoms. The lowest BCUT2D eigenvalue weighted by Gasteiger charge is -2.31. The number of amides is 2. The summed E-state index contributed by atoms with van der Waals surface area (Å²) in [5.74, 6) is 0.853. The molecular weight excluding hydrogens is 324 g/mol. The zero-order valence-corrected chi connectivity index (χ0v) is 13.8. The molecule has 7 nitrogen and oxygen atoms in total. The van der Waals surface area contributed by atoms with Crippen molar-refractivity contribution in [2.75, 3.05) is 17.7 Å². The Morgan fingerprint density at radius 1 is 0.920 bits per heavy atom. The summed E-state index contributed by atoms with van der Waals surface area (Å²) in [5, 5.41) is 5.31. The van der Waals surface area contributed by atoms with Crippen LogP contribution < -0.4 is 20.1 Å². The molecule has 1 aliphatic rings. The van der Waals surface area contributed by atoms with Gasteiger partial charge in [0.2, 0.25) is 6.10 Å². The highest BCUT2D eigenvalue weighted by atomic mass is 16.6. The fourth-order valence-corrected chi connectivity index (χ4v) is 2.43. The van der Waals surface area contributed by atoms with Crippen LogP contribution in [0.4, 0.5) is 16.2 Å². The Hall–Kier alpha value is -3.22. The van der Waals surface area contributed by atoms with Gasteiger partial charge in [-0.2, -0.15) is 0 Å². The maximum Gasteiger partial charge on any atom is 0.411 e. The minimum absolute atomic E-state index is 0.310. The van der Waals surface area contributed by atoms with Crippen LogP contribution in [0.15, 0.2) is 48.5 Å². The van der Waals surface area contributed by atoms with Gasteiger partial charge in [-0.25, -0.2) is 4.79 Å². The van der Waals surface area contributed by atoms with E-state index in [2.05, 4.69) is 15.4 Å². The number of methoxy groups -OCH3 is 1. The first-order chi connectivity index (χ1) is 12.1. The predicted octanol–water partition coefficient (Wildman–Crippen LogP) is 3.03. The number of ether oxygens (including phenoxy) is 3. The van der Waals surface area contributed by atoms with Crippen molar-refractivity contribution in [3.05, 3.63) is 48.5 Å². The smallest absolute Gasteiger partial charge is 0.411 e. The monoisotopic (exact) mass is 342 g/mol. The zero-order valence-electron chi connectivity index (χ0n) is 13.8. The molecule has 0 aromatic heterocycles. The molecule has 0 fully saturated rings. The summed E-state index contributed by atoms with van der Waals surface area (Å²) < 4.78 is 16.0. The van der Waals surface area contributed by atoms with Crippen LogP contribution in [-0.2, 0) is 9.53 Å². The van der Waals surface area contributed by atoms with E-state index in [0.29, 0.717) is 22.9 Å². The van der Waals surface area contributed by atoms with Crippen molar-refractivity contribution in [2.24, 2.45) is 0 Å². The summed E-state index contributed by atoms with van der Waals surface area (Å²) in [6, 6.07) is 13.9. The SMILES string of the molecule is COC(=O)Nc1ccc(NC(=O)[C@H]2Oc3ccccc3O[C@@H]2C)cc1. The van der Waals surface area contributed by atoms with Crippen LogP contribution in [0, 0.1) is 0 Å². The average Bonchev–Trinajstić information content (AvgIpc) is 2.62. The Morgan fingerprint density at radius 2 is 1.48 bits per heavy atom. The van der Waals surface area contributed by atoms with Crippen molar-refractivity contribution < 1.29 is 23.8 Å². The molecule has 0 aliphatic carbocycles. The van der Waals surface area contributed by atoms with Crippen LogP contribution in [0.25, 0.3) is 0 Å². The number of benzene rings is 2. The average molecular weight is 342 g/mol. The number of hydrogen-bond donors (Lipinski definition) is 2. The van der Waals surface area contributed by atoms with Crippen molar-refractivity contribution >= 4 is 23.4 Å². The molecule has 7 heteroatoms. The van der Waals surface area contributed by atoms with Crippen LogP contribution in [0.1, 0.15) is 6.92 Å². The summed E-state index contributed by atoms with van der Waals surface area (Å²) in [6.07, 6.45) is -1.74. The van der Waals surface area contributed by atoms with Crippen molar-refractivity contribution in [3.8, 4) is 11.5 Å². The number of anilines is 2. The van der Waals surface area contributed by atoms with Gasteiger partial charge in [0.05, 0.1) is 7.11 Å². The Bertz CT molecular complexity index is 775. The highest BCUT2D eigenvalue weighted by Gasteiger charge is 2.34. The van der Waals surface area contributed by atoms with E-state index < -0.39 is 18.3 Å². The fourth-order valence-electron chi connectivity index (χ4n) is 2.43. The van der Waals surface area contributed by atoms with Gasteiger partial charge in [0, 0.05) is 11.4 Å². The summed E-state index contributed by atoms with van der Waals surface area (Å²) >= 11 is 0. The number of hydrogen-bond acceptors (Lipinski definition) is 5. The van der Waals surface area contributed by atoms with Crippen LogP contribution >= 0.6 is 0 Å². The number of rotatable bonds is 3. The van der Waals surface area contributed by atoms with E-state index in [1.54, 1.807) is 43.3 Å². The predicted molar refractivity (Wildman–Crippen MR) is 92.0 cm³/mol. The lowest BCUT2D eigenvalue weighted by Crippen LogP contribution is -2.46. The number of fused-ring (bicyclic) bond motifs is 1. The van der Waals surface area contributed by atoms with Gasteiger partial charge in [0.15, 0.2) is 11.5 Å². The highest BCUT2D eigenvalue weighted by Crippen LogP contribution is 2.33. The second-order valence-electron chi connectivity index (χ2n) is 5.49. The van der Waals surface area contributed by atoms with Gasteiger partial charge >= 0.3 is 6.09 Å². The Labute approximate surface area is 144 Å². The summed E-state index contributed by atoms with van der Waals surface area (Å²) in [6.45, 7) is 1.78. The van der Waals surface area contributed by atoms with E-state index in [4.69, 9.17) is 9.47 Å². The van der Waals surface area contributed by atoms with Crippen LogP contribution in [-0.4, -0.2) is 31.3 Å². The molecule has 0 unspecified atom stereocenters. The standard InChI is InChI=1S/C18H18N2O5/c1-11-16(25-15-6-4-3-5-14(15)24-11)17(21)19-12-7-9-13(10-8-12)20-18(22)23-2/h3-11,16H,1-2H3,(H,19,21)(H,20,22)/t11-,16+/m1/s1. The van der Waals surface area contributed by atoms with E-state index in [-0.39, 0.29) is 5.91 Å². The number of nitrogens with one attached hydrogen (secondary N) is 2. The molecule has 0 bridgehead atoms. The Morgan fingerprint density at radius 3 is 2.08 bits per heavy atom. The van der Waals surface area contributed by atoms with Gasteiger partial charge < -0.3 is 19.5 Å². The van der Waals surface area contributed by atoms with E-state index in [9.17, 15) is 9.59 Å². The summed E-state index contributed by atoms with van der Waals surface area (Å²) in [4.78, 5) is 23.6. The van der Waals surface area contributed by atoms with Crippen molar-refractivity contribution in [2.45, 2.75) is 19.1 Å². The fraction of sp³-hybridized carbons (Fsp3) is 0.222. The van der Waals surface area contributed by atoms with Gasteiger partial charge in [0.25, 0.3) is 5.91 Å². The minimum atomic E-state index is -0.761. The molecule has 2 N–H and O–H groups in total. The van der Waals surface area contributed by atoms with E-state index in [0.717, 1.165) is 0 Å². The second kappa shape index (κ2) is 7.12. The zero-order chi connectivity index (χ0) is 17.8. The molecule has 0 saturated carbocycles. The molecule has 2 amide bonds. The third-order valence-electron chi connectivity index (χ3n) is 3.68. The molecule has 130 valence electrons. The van der Waals surface area contributed by atoms with E-state index in [1.165, 1.54) is 7.11 Å². The first-order valence-electron chi connectivity index (χ1n) is 7.75. The lowest BCUT2D eigenvalue weighted by molar-refractivity contribution is -0.128. The Kier molecular flexibility index (Phi) is 4.74. The molecule has 2 aromatic carbocycles. The minimum Gasteiger partial charge on any atom is -0.482 e. The molecule has 0 radical (unpaired) electrons. The second-order valence-corrected chi connectivity index (χ2v) is 5.49. The van der Waals surface area contributed by atoms with Gasteiger partial charge in [-0.15, -0.1) is 0 Å². The topological polar surface area (TPSA) is 85.9 Å². The number of para-hydroxylation sites is 2. The van der Waals surface area contributed by atoms with Crippen molar-refractivity contribution in [1.29, 1.82) is 0 Å². The first-order valence-corrected chi connectivity index (χ1v) is 7.75. The Balaban J connectivity index is 1.65. The molecule has 1 aliphatic heterocycles. The molecule has 0 saturated heterocycles. The molecule has 1 heterocycles. The van der Waals surface area contributed by atoms with E-state index in [1.807, 2.05) is 12.1 Å². The molecule has 2 atom stereocenters. The summed E-state index contributed by atoms with van der Waals surface area (Å²) in [5.41, 5.74) is 1.14. The van der Waals surface area contributed by atoms with Gasteiger partial charge in [-0.1, -0.05) is 12.1 Å². The number of carbonyl (C=O) groups is 2. The quantitative estimate of drug-likeness (QED) is 0.895. The van der Waals surface area contributed by atoms with E-state index >= 15 is 0 Å². The summed E-state index contributed by atoms with van der Waals surface area (Å²) in [7, 11) is 1.29. The molecular formula is C18H18N2O5. The van der Waals surface area contributed by atoms with Crippen molar-refractivity contribution in [3.63, 3.8) is 0 Å². The van der Waals surface area contributed by atoms with Gasteiger partial charge in [-0.3, -0.25) is 10.1 Å². The molecule has 0 spiro atoms. The maximum absolute atomic E-state index is 12.5. The highest BCUT2D eigenvalue weighted by molar-refractivity contribution is 5.95. The third-order valence-corrected chi connectivity index (χ3v) is 3.68. The molecule has 3 rings (SSSR count). The van der Waals surface area contributed by atoms with Crippen LogP contribution in [0.2, 0.25) is 0 Å². The maximum atomic E-state index is 12.5. The van der Waals surface area contributed by atoms with Gasteiger partial charge in [-0.05, 0) is 43.3 Å². The van der Waals surface area contributed by atoms with Crippen molar-refractivity contribution in [1.82, 2.24) is 0 Å².